The number of rotatable bonds is 6. The Bertz CT molecular complexity index is 917. The van der Waals surface area contributed by atoms with Crippen molar-refractivity contribution >= 4 is 11.8 Å². The van der Waals surface area contributed by atoms with Gasteiger partial charge in [0, 0.05) is 11.8 Å². The van der Waals surface area contributed by atoms with Gasteiger partial charge in [-0.15, -0.1) is 0 Å². The SMILES string of the molecule is Cc1ccc(C(=O)NCC(=O)NC(c2ccccc2)c2ccccn2)cc1C. The summed E-state index contributed by atoms with van der Waals surface area (Å²) < 4.78 is 0. The fourth-order valence-corrected chi connectivity index (χ4v) is 2.88. The zero-order chi connectivity index (χ0) is 19.9. The minimum atomic E-state index is -0.381. The standard InChI is InChI=1S/C23H23N3O2/c1-16-11-12-19(14-17(16)2)23(28)25-15-21(27)26-22(18-8-4-3-5-9-18)20-10-6-7-13-24-20/h3-14,22H,15H2,1-2H3,(H,25,28)(H,26,27). The highest BCUT2D eigenvalue weighted by Gasteiger charge is 2.18. The molecule has 0 saturated heterocycles. The molecular weight excluding hydrogens is 350 g/mol. The molecule has 5 heteroatoms. The molecule has 2 N–H and O–H groups in total. The van der Waals surface area contributed by atoms with E-state index in [1.807, 2.05) is 74.5 Å². The number of aryl methyl sites for hydroxylation is 2. The van der Waals surface area contributed by atoms with Gasteiger partial charge >= 0.3 is 0 Å². The highest BCUT2D eigenvalue weighted by molar-refractivity contribution is 5.96. The van der Waals surface area contributed by atoms with E-state index in [2.05, 4.69) is 15.6 Å². The van der Waals surface area contributed by atoms with E-state index in [9.17, 15) is 9.59 Å². The van der Waals surface area contributed by atoms with Crippen LogP contribution in [-0.4, -0.2) is 23.3 Å². The second kappa shape index (κ2) is 8.95. The Kier molecular flexibility index (Phi) is 6.17. The third-order valence-corrected chi connectivity index (χ3v) is 4.60. The lowest BCUT2D eigenvalue weighted by molar-refractivity contribution is -0.120. The minimum absolute atomic E-state index is 0.109. The Hall–Kier alpha value is -3.47. The van der Waals surface area contributed by atoms with Crippen LogP contribution in [-0.2, 0) is 4.79 Å². The number of nitrogens with zero attached hydrogens (tertiary/aromatic N) is 1. The smallest absolute Gasteiger partial charge is 0.251 e. The molecule has 1 aromatic heterocycles. The zero-order valence-corrected chi connectivity index (χ0v) is 16.0. The molecule has 2 aromatic carbocycles. The number of pyridine rings is 1. The molecule has 0 saturated carbocycles. The van der Waals surface area contributed by atoms with E-state index in [1.54, 1.807) is 12.3 Å². The maximum atomic E-state index is 12.5. The van der Waals surface area contributed by atoms with Gasteiger partial charge in [0.05, 0.1) is 18.3 Å². The molecule has 2 amide bonds. The van der Waals surface area contributed by atoms with Crippen LogP contribution in [0.25, 0.3) is 0 Å². The van der Waals surface area contributed by atoms with Gasteiger partial charge in [-0.3, -0.25) is 14.6 Å². The molecule has 0 radical (unpaired) electrons. The quantitative estimate of drug-likeness (QED) is 0.696. The summed E-state index contributed by atoms with van der Waals surface area (Å²) in [6, 6.07) is 20.3. The summed E-state index contributed by atoms with van der Waals surface area (Å²) in [5.74, 6) is -0.552. The average Bonchev–Trinajstić information content (AvgIpc) is 2.73. The van der Waals surface area contributed by atoms with Crippen LogP contribution >= 0.6 is 0 Å². The molecule has 142 valence electrons. The first-order chi connectivity index (χ1) is 13.5. The molecule has 1 unspecified atom stereocenters. The highest BCUT2D eigenvalue weighted by Crippen LogP contribution is 2.19. The lowest BCUT2D eigenvalue weighted by Gasteiger charge is -2.19. The molecule has 0 aliphatic heterocycles. The molecule has 3 rings (SSSR count). The third-order valence-electron chi connectivity index (χ3n) is 4.60. The van der Waals surface area contributed by atoms with Gasteiger partial charge < -0.3 is 10.6 Å². The van der Waals surface area contributed by atoms with E-state index in [0.29, 0.717) is 5.56 Å². The second-order valence-electron chi connectivity index (χ2n) is 6.65. The van der Waals surface area contributed by atoms with Crippen LogP contribution in [0.1, 0.15) is 38.8 Å². The van der Waals surface area contributed by atoms with Crippen molar-refractivity contribution in [2.24, 2.45) is 0 Å². The number of nitrogens with one attached hydrogen (secondary N) is 2. The molecule has 0 bridgehead atoms. The van der Waals surface area contributed by atoms with Crippen LogP contribution in [0.2, 0.25) is 0 Å². The van der Waals surface area contributed by atoms with E-state index < -0.39 is 0 Å². The fraction of sp³-hybridized carbons (Fsp3) is 0.174. The van der Waals surface area contributed by atoms with Gasteiger partial charge in [0.2, 0.25) is 5.91 Å². The largest absolute Gasteiger partial charge is 0.343 e. The summed E-state index contributed by atoms with van der Waals surface area (Å²) in [6.07, 6.45) is 1.69. The van der Waals surface area contributed by atoms with Crippen molar-refractivity contribution in [1.29, 1.82) is 0 Å². The van der Waals surface area contributed by atoms with Crippen LogP contribution in [0.4, 0.5) is 0 Å². The number of hydrogen-bond acceptors (Lipinski definition) is 3. The first kappa shape index (κ1) is 19.3. The first-order valence-corrected chi connectivity index (χ1v) is 9.15. The fourth-order valence-electron chi connectivity index (χ4n) is 2.88. The van der Waals surface area contributed by atoms with Crippen molar-refractivity contribution in [1.82, 2.24) is 15.6 Å². The van der Waals surface area contributed by atoms with Gasteiger partial charge in [-0.2, -0.15) is 0 Å². The summed E-state index contributed by atoms with van der Waals surface area (Å²) in [4.78, 5) is 29.2. The van der Waals surface area contributed by atoms with Crippen molar-refractivity contribution in [2.45, 2.75) is 19.9 Å². The summed E-state index contributed by atoms with van der Waals surface area (Å²) in [6.45, 7) is 3.84. The van der Waals surface area contributed by atoms with Crippen molar-refractivity contribution < 1.29 is 9.59 Å². The topological polar surface area (TPSA) is 71.1 Å². The van der Waals surface area contributed by atoms with Gasteiger partial charge in [0.1, 0.15) is 0 Å². The molecular formula is C23H23N3O2. The number of hydrogen-bond donors (Lipinski definition) is 2. The molecule has 28 heavy (non-hydrogen) atoms. The minimum Gasteiger partial charge on any atom is -0.343 e. The van der Waals surface area contributed by atoms with Crippen molar-refractivity contribution in [3.63, 3.8) is 0 Å². The maximum Gasteiger partial charge on any atom is 0.251 e. The number of carbonyl (C=O) groups is 2. The molecule has 0 fully saturated rings. The van der Waals surface area contributed by atoms with E-state index in [1.165, 1.54) is 0 Å². The maximum absolute atomic E-state index is 12.5. The van der Waals surface area contributed by atoms with E-state index in [4.69, 9.17) is 0 Å². The molecule has 0 spiro atoms. The van der Waals surface area contributed by atoms with Gasteiger partial charge in [-0.1, -0.05) is 42.5 Å². The van der Waals surface area contributed by atoms with Gasteiger partial charge in [0.25, 0.3) is 5.91 Å². The Morgan fingerprint density at radius 1 is 0.929 bits per heavy atom. The Labute approximate surface area is 164 Å². The molecule has 1 atom stereocenters. The molecule has 5 nitrogen and oxygen atoms in total. The lowest BCUT2D eigenvalue weighted by atomic mass is 10.0. The number of carbonyl (C=O) groups excluding carboxylic acids is 2. The molecule has 0 aliphatic rings. The van der Waals surface area contributed by atoms with Crippen LogP contribution in [0.5, 0.6) is 0 Å². The monoisotopic (exact) mass is 373 g/mol. The number of benzene rings is 2. The van der Waals surface area contributed by atoms with Crippen molar-refractivity contribution in [3.8, 4) is 0 Å². The highest BCUT2D eigenvalue weighted by atomic mass is 16.2. The lowest BCUT2D eigenvalue weighted by Crippen LogP contribution is -2.39. The van der Waals surface area contributed by atoms with Crippen LogP contribution in [0.3, 0.4) is 0 Å². The third kappa shape index (κ3) is 4.82. The van der Waals surface area contributed by atoms with E-state index in [-0.39, 0.29) is 24.4 Å². The first-order valence-electron chi connectivity index (χ1n) is 9.15. The summed E-state index contributed by atoms with van der Waals surface area (Å²) in [5.41, 5.74) is 4.37. The summed E-state index contributed by atoms with van der Waals surface area (Å²) >= 11 is 0. The van der Waals surface area contributed by atoms with Crippen LogP contribution in [0, 0.1) is 13.8 Å². The predicted molar refractivity (Wildman–Crippen MR) is 109 cm³/mol. The molecule has 1 heterocycles. The number of amides is 2. The van der Waals surface area contributed by atoms with Gasteiger partial charge in [-0.05, 0) is 54.8 Å². The van der Waals surface area contributed by atoms with Gasteiger partial charge in [0.15, 0.2) is 0 Å². The van der Waals surface area contributed by atoms with Crippen LogP contribution < -0.4 is 10.6 Å². The molecule has 0 aliphatic carbocycles. The average molecular weight is 373 g/mol. The summed E-state index contributed by atoms with van der Waals surface area (Å²) in [7, 11) is 0. The Morgan fingerprint density at radius 3 is 2.36 bits per heavy atom. The number of aromatic nitrogens is 1. The van der Waals surface area contributed by atoms with E-state index in [0.717, 1.165) is 22.4 Å². The van der Waals surface area contributed by atoms with E-state index >= 15 is 0 Å². The van der Waals surface area contributed by atoms with Crippen molar-refractivity contribution in [3.05, 3.63) is 101 Å². The van der Waals surface area contributed by atoms with Crippen LogP contribution in [0.15, 0.2) is 72.9 Å². The predicted octanol–water partition coefficient (Wildman–Crippen LogP) is 3.33. The van der Waals surface area contributed by atoms with Crippen molar-refractivity contribution in [2.75, 3.05) is 6.54 Å². The summed E-state index contributed by atoms with van der Waals surface area (Å²) in [5, 5.41) is 5.64. The van der Waals surface area contributed by atoms with Gasteiger partial charge in [-0.25, -0.2) is 0 Å². The zero-order valence-electron chi connectivity index (χ0n) is 16.0. The Balaban J connectivity index is 1.67. The second-order valence-corrected chi connectivity index (χ2v) is 6.65. The normalized spacial score (nSPS) is 11.5. The molecule has 3 aromatic rings. The Morgan fingerprint density at radius 2 is 1.68 bits per heavy atom.